The maximum absolute atomic E-state index is 14.4. The number of hydrogen-bond donors (Lipinski definition) is 2. The van der Waals surface area contributed by atoms with Crippen molar-refractivity contribution < 1.29 is 23.2 Å². The lowest BCUT2D eigenvalue weighted by molar-refractivity contribution is -0.122. The number of fused-ring (bicyclic) bond motifs is 2. The molecule has 2 aromatic rings. The van der Waals surface area contributed by atoms with E-state index in [1.165, 1.54) is 16.8 Å². The van der Waals surface area contributed by atoms with Crippen molar-refractivity contribution in [3.05, 3.63) is 64.7 Å². The maximum Gasteiger partial charge on any atom is 0.322 e. The van der Waals surface area contributed by atoms with Crippen LogP contribution in [0, 0.1) is 11.6 Å². The SMILES string of the molecule is CN1CC(NC(=O)CN2Cc3ccccc3NC2=O)c2c(F)cc(F)cc2C1=O. The summed E-state index contributed by atoms with van der Waals surface area (Å²) in [5, 5.41) is 5.38. The number of nitrogens with zero attached hydrogens (tertiary/aromatic N) is 2. The number of carbonyl (C=O) groups is 3. The Bertz CT molecular complexity index is 1030. The molecule has 29 heavy (non-hydrogen) atoms. The van der Waals surface area contributed by atoms with Crippen molar-refractivity contribution in [1.82, 2.24) is 15.1 Å². The van der Waals surface area contributed by atoms with Crippen LogP contribution in [0.15, 0.2) is 36.4 Å². The Morgan fingerprint density at radius 1 is 1.24 bits per heavy atom. The second-order valence-electron chi connectivity index (χ2n) is 7.10. The fraction of sp³-hybridized carbons (Fsp3) is 0.250. The monoisotopic (exact) mass is 400 g/mol. The summed E-state index contributed by atoms with van der Waals surface area (Å²) in [6.45, 7) is 0.0519. The Balaban J connectivity index is 1.52. The van der Waals surface area contributed by atoms with Crippen LogP contribution in [0.1, 0.15) is 27.5 Å². The fourth-order valence-corrected chi connectivity index (χ4v) is 3.68. The molecular formula is C20H18F2N4O3. The van der Waals surface area contributed by atoms with Crippen molar-refractivity contribution >= 4 is 23.5 Å². The topological polar surface area (TPSA) is 81.8 Å². The van der Waals surface area contributed by atoms with Crippen molar-refractivity contribution in [2.24, 2.45) is 0 Å². The first-order valence-electron chi connectivity index (χ1n) is 9.01. The Kier molecular flexibility index (Phi) is 4.65. The van der Waals surface area contributed by atoms with E-state index in [2.05, 4.69) is 10.6 Å². The molecule has 0 saturated heterocycles. The number of urea groups is 1. The van der Waals surface area contributed by atoms with Crippen LogP contribution in [-0.4, -0.2) is 47.8 Å². The van der Waals surface area contributed by atoms with Gasteiger partial charge < -0.3 is 20.4 Å². The second kappa shape index (κ2) is 7.16. The van der Waals surface area contributed by atoms with Crippen molar-refractivity contribution in [2.45, 2.75) is 12.6 Å². The number of benzene rings is 2. The van der Waals surface area contributed by atoms with Gasteiger partial charge >= 0.3 is 6.03 Å². The molecule has 1 atom stereocenters. The van der Waals surface area contributed by atoms with Gasteiger partial charge in [-0.2, -0.15) is 0 Å². The number of anilines is 1. The van der Waals surface area contributed by atoms with Crippen LogP contribution in [0.3, 0.4) is 0 Å². The predicted octanol–water partition coefficient (Wildman–Crippen LogP) is 2.26. The summed E-state index contributed by atoms with van der Waals surface area (Å²) in [7, 11) is 1.49. The summed E-state index contributed by atoms with van der Waals surface area (Å²) in [4.78, 5) is 39.7. The van der Waals surface area contributed by atoms with E-state index in [1.54, 1.807) is 12.1 Å². The lowest BCUT2D eigenvalue weighted by atomic mass is 9.94. The van der Waals surface area contributed by atoms with Gasteiger partial charge in [-0.1, -0.05) is 18.2 Å². The third kappa shape index (κ3) is 3.51. The second-order valence-corrected chi connectivity index (χ2v) is 7.10. The molecular weight excluding hydrogens is 382 g/mol. The quantitative estimate of drug-likeness (QED) is 0.829. The molecule has 0 spiro atoms. The van der Waals surface area contributed by atoms with E-state index in [0.717, 1.165) is 11.6 Å². The van der Waals surface area contributed by atoms with Gasteiger partial charge in [-0.3, -0.25) is 9.59 Å². The molecule has 0 aliphatic carbocycles. The van der Waals surface area contributed by atoms with Gasteiger partial charge in [-0.15, -0.1) is 0 Å². The summed E-state index contributed by atoms with van der Waals surface area (Å²) in [6.07, 6.45) is 0. The highest BCUT2D eigenvalue weighted by atomic mass is 19.1. The number of amides is 4. The minimum atomic E-state index is -0.892. The average Bonchev–Trinajstić information content (AvgIpc) is 2.66. The van der Waals surface area contributed by atoms with Crippen molar-refractivity contribution in [3.63, 3.8) is 0 Å². The molecule has 0 fully saturated rings. The molecule has 4 amide bonds. The first-order valence-corrected chi connectivity index (χ1v) is 9.01. The van der Waals surface area contributed by atoms with E-state index in [0.29, 0.717) is 11.8 Å². The number of halogens is 2. The van der Waals surface area contributed by atoms with Crippen LogP contribution >= 0.6 is 0 Å². The standard InChI is InChI=1S/C20H18F2N4O3/c1-25-9-16(18-13(19(25)28)6-12(21)7-14(18)22)23-17(27)10-26-8-11-4-2-3-5-15(11)24-20(26)29/h2-7,16H,8-10H2,1H3,(H,23,27)(H,24,29). The maximum atomic E-state index is 14.4. The number of hydrogen-bond acceptors (Lipinski definition) is 3. The van der Waals surface area contributed by atoms with Crippen LogP contribution < -0.4 is 10.6 Å². The highest BCUT2D eigenvalue weighted by molar-refractivity contribution is 5.98. The normalized spacial score (nSPS) is 18.1. The van der Waals surface area contributed by atoms with Gasteiger partial charge in [-0.25, -0.2) is 13.6 Å². The summed E-state index contributed by atoms with van der Waals surface area (Å²) in [5.41, 5.74) is 1.40. The van der Waals surface area contributed by atoms with Crippen molar-refractivity contribution in [2.75, 3.05) is 25.5 Å². The van der Waals surface area contributed by atoms with Gasteiger partial charge in [0, 0.05) is 30.9 Å². The van der Waals surface area contributed by atoms with E-state index in [-0.39, 0.29) is 30.8 Å². The number of nitrogens with one attached hydrogen (secondary N) is 2. The molecule has 2 heterocycles. The van der Waals surface area contributed by atoms with E-state index in [9.17, 15) is 23.2 Å². The molecule has 0 radical (unpaired) electrons. The number of rotatable bonds is 3. The number of likely N-dealkylation sites (N-methyl/N-ethyl adjacent to an activating group) is 1. The molecule has 0 bridgehead atoms. The van der Waals surface area contributed by atoms with E-state index in [1.807, 2.05) is 12.1 Å². The van der Waals surface area contributed by atoms with Crippen LogP contribution in [0.2, 0.25) is 0 Å². The van der Waals surface area contributed by atoms with Crippen LogP contribution in [0.5, 0.6) is 0 Å². The zero-order valence-corrected chi connectivity index (χ0v) is 15.5. The summed E-state index contributed by atoms with van der Waals surface area (Å²) < 4.78 is 28.0. The summed E-state index contributed by atoms with van der Waals surface area (Å²) in [5.74, 6) is -2.78. The Morgan fingerprint density at radius 2 is 2.00 bits per heavy atom. The number of para-hydroxylation sites is 1. The molecule has 2 N–H and O–H groups in total. The van der Waals surface area contributed by atoms with E-state index >= 15 is 0 Å². The van der Waals surface area contributed by atoms with Gasteiger partial charge in [0.05, 0.1) is 18.2 Å². The molecule has 9 heteroatoms. The zero-order chi connectivity index (χ0) is 20.7. The largest absolute Gasteiger partial charge is 0.346 e. The molecule has 4 rings (SSSR count). The molecule has 0 aromatic heterocycles. The minimum Gasteiger partial charge on any atom is -0.346 e. The predicted molar refractivity (Wildman–Crippen MR) is 100 cm³/mol. The van der Waals surface area contributed by atoms with E-state index < -0.39 is 35.5 Å². The number of carbonyl (C=O) groups excluding carboxylic acids is 3. The molecule has 0 saturated carbocycles. The van der Waals surface area contributed by atoms with E-state index in [4.69, 9.17) is 0 Å². The average molecular weight is 400 g/mol. The van der Waals surface area contributed by atoms with Gasteiger partial charge in [0.25, 0.3) is 5.91 Å². The lowest BCUT2D eigenvalue weighted by Crippen LogP contribution is -2.49. The summed E-state index contributed by atoms with van der Waals surface area (Å²) in [6, 6.07) is 7.65. The van der Waals surface area contributed by atoms with Crippen molar-refractivity contribution in [1.29, 1.82) is 0 Å². The van der Waals surface area contributed by atoms with Gasteiger partial charge in [0.1, 0.15) is 18.2 Å². The van der Waals surface area contributed by atoms with Crippen molar-refractivity contribution in [3.8, 4) is 0 Å². The first-order chi connectivity index (χ1) is 13.8. The lowest BCUT2D eigenvalue weighted by Gasteiger charge is -2.34. The zero-order valence-electron chi connectivity index (χ0n) is 15.5. The fourth-order valence-electron chi connectivity index (χ4n) is 3.68. The molecule has 150 valence electrons. The Labute approximate surface area is 165 Å². The van der Waals surface area contributed by atoms with Crippen LogP contribution in [0.4, 0.5) is 19.3 Å². The molecule has 7 nitrogen and oxygen atoms in total. The molecule has 2 aromatic carbocycles. The van der Waals surface area contributed by atoms with Gasteiger partial charge in [-0.05, 0) is 17.7 Å². The van der Waals surface area contributed by atoms with Crippen LogP contribution in [0.25, 0.3) is 0 Å². The highest BCUT2D eigenvalue weighted by Crippen LogP contribution is 2.29. The van der Waals surface area contributed by atoms with Crippen LogP contribution in [-0.2, 0) is 11.3 Å². The molecule has 1 unspecified atom stereocenters. The molecule has 2 aliphatic heterocycles. The smallest absolute Gasteiger partial charge is 0.322 e. The molecule has 2 aliphatic rings. The minimum absolute atomic E-state index is 0.0369. The third-order valence-electron chi connectivity index (χ3n) is 5.05. The first kappa shape index (κ1) is 18.9. The Hall–Kier alpha value is -3.49. The summed E-state index contributed by atoms with van der Waals surface area (Å²) >= 11 is 0. The highest BCUT2D eigenvalue weighted by Gasteiger charge is 2.34. The van der Waals surface area contributed by atoms with Gasteiger partial charge in [0.15, 0.2) is 0 Å². The van der Waals surface area contributed by atoms with Gasteiger partial charge in [0.2, 0.25) is 5.91 Å². The third-order valence-corrected chi connectivity index (χ3v) is 5.05. The Morgan fingerprint density at radius 3 is 2.79 bits per heavy atom.